The zero-order chi connectivity index (χ0) is 39.4. The van der Waals surface area contributed by atoms with Crippen LogP contribution in [0.1, 0.15) is 85.7 Å². The highest BCUT2D eigenvalue weighted by Crippen LogP contribution is 2.57. The van der Waals surface area contributed by atoms with Gasteiger partial charge in [-0.1, -0.05) is 43.2 Å². The van der Waals surface area contributed by atoms with E-state index in [9.17, 15) is 32.0 Å². The normalized spacial score (nSPS) is 27.1. The summed E-state index contributed by atoms with van der Waals surface area (Å²) < 4.78 is 48.8. The van der Waals surface area contributed by atoms with Crippen molar-refractivity contribution < 1.29 is 36.7 Å². The molecule has 0 unspecified atom stereocenters. The number of aromatic nitrogens is 1. The number of ketones is 1. The highest BCUT2D eigenvalue weighted by atomic mass is 32.2. The van der Waals surface area contributed by atoms with E-state index in [0.717, 1.165) is 29.5 Å². The van der Waals surface area contributed by atoms with Gasteiger partial charge in [0.15, 0.2) is 5.78 Å². The van der Waals surface area contributed by atoms with Crippen molar-refractivity contribution in [1.29, 1.82) is 0 Å². The van der Waals surface area contributed by atoms with Crippen LogP contribution in [0.3, 0.4) is 0 Å². The van der Waals surface area contributed by atoms with Gasteiger partial charge in [-0.15, -0.1) is 11.3 Å². The third kappa shape index (κ3) is 7.33. The zero-order valence-electron chi connectivity index (χ0n) is 31.4. The minimum atomic E-state index is -3.97. The molecule has 4 aromatic rings. The van der Waals surface area contributed by atoms with E-state index in [2.05, 4.69) is 10.0 Å². The van der Waals surface area contributed by atoms with Crippen molar-refractivity contribution in [2.75, 3.05) is 6.54 Å². The highest BCUT2D eigenvalue weighted by Gasteiger charge is 2.62. The van der Waals surface area contributed by atoms with E-state index in [1.165, 1.54) is 28.4 Å². The first kappa shape index (κ1) is 38.2. The predicted octanol–water partition coefficient (Wildman–Crippen LogP) is 6.53. The van der Waals surface area contributed by atoms with Crippen LogP contribution in [-0.4, -0.2) is 71.3 Å². The molecule has 2 aliphatic carbocycles. The van der Waals surface area contributed by atoms with Crippen molar-refractivity contribution >= 4 is 66.5 Å². The Kier molecular flexibility index (Phi) is 10.0. The number of nitrogens with zero attached hydrogens (tertiary/aromatic N) is 2. The fourth-order valence-electron chi connectivity index (χ4n) is 8.22. The summed E-state index contributed by atoms with van der Waals surface area (Å²) in [4.78, 5) is 64.4. The summed E-state index contributed by atoms with van der Waals surface area (Å²) in [6.07, 6.45) is 7.51. The van der Waals surface area contributed by atoms with Crippen molar-refractivity contribution in [2.24, 2.45) is 11.3 Å². The minimum absolute atomic E-state index is 0.00776. The van der Waals surface area contributed by atoms with Gasteiger partial charge in [0, 0.05) is 28.5 Å². The number of pyridine rings is 1. The second kappa shape index (κ2) is 14.7. The zero-order valence-corrected chi connectivity index (χ0v) is 33.0. The van der Waals surface area contributed by atoms with Crippen LogP contribution in [0.5, 0.6) is 5.88 Å². The highest BCUT2D eigenvalue weighted by molar-refractivity contribution is 7.91. The van der Waals surface area contributed by atoms with Gasteiger partial charge < -0.3 is 15.0 Å². The van der Waals surface area contributed by atoms with Crippen LogP contribution < -0.4 is 14.8 Å². The number of hydrogen-bond donors (Lipinski definition) is 2. The molecule has 2 N–H and O–H groups in total. The van der Waals surface area contributed by atoms with Crippen molar-refractivity contribution in [3.63, 3.8) is 0 Å². The third-order valence-corrected chi connectivity index (χ3v) is 15.2. The Morgan fingerprint density at radius 2 is 1.82 bits per heavy atom. The number of amides is 3. The maximum atomic E-state index is 14.7. The fraction of sp³-hybridized carbons (Fsp3) is 0.452. The van der Waals surface area contributed by atoms with Crippen LogP contribution in [-0.2, 0) is 24.4 Å². The number of hydrogen-bond acceptors (Lipinski definition) is 9. The molecule has 11 nitrogen and oxygen atoms in total. The van der Waals surface area contributed by atoms with Crippen molar-refractivity contribution in [3.05, 3.63) is 82.3 Å². The van der Waals surface area contributed by atoms with Crippen molar-refractivity contribution in [3.8, 4) is 5.88 Å². The van der Waals surface area contributed by atoms with E-state index < -0.39 is 61.8 Å². The molecule has 2 saturated carbocycles. The van der Waals surface area contributed by atoms with E-state index in [4.69, 9.17) is 9.72 Å². The van der Waals surface area contributed by atoms with Crippen LogP contribution in [0.4, 0.5) is 4.39 Å². The number of benzene rings is 2. The lowest BCUT2D eigenvalue weighted by molar-refractivity contribution is -0.140. The number of aryl methyl sites for hydroxylation is 1. The summed E-state index contributed by atoms with van der Waals surface area (Å²) >= 11 is 1.33. The molecule has 5 atom stereocenters. The fourth-order valence-corrected chi connectivity index (χ4v) is 10.3. The largest absolute Gasteiger partial charge is 0.472 e. The Labute approximate surface area is 329 Å². The van der Waals surface area contributed by atoms with Crippen LogP contribution in [0.2, 0.25) is 0 Å². The topological polar surface area (TPSA) is 152 Å². The van der Waals surface area contributed by atoms with E-state index in [-0.39, 0.29) is 37.1 Å². The lowest BCUT2D eigenvalue weighted by Gasteiger charge is -2.29. The van der Waals surface area contributed by atoms with E-state index >= 15 is 0 Å². The molecule has 294 valence electrons. The van der Waals surface area contributed by atoms with Gasteiger partial charge in [-0.2, -0.15) is 0 Å². The summed E-state index contributed by atoms with van der Waals surface area (Å²) in [5.74, 6) is -2.43. The van der Waals surface area contributed by atoms with Gasteiger partial charge in [-0.05, 0) is 100 Å². The summed E-state index contributed by atoms with van der Waals surface area (Å²) in [6.45, 7) is 3.49. The van der Waals surface area contributed by atoms with Gasteiger partial charge in [-0.25, -0.2) is 17.8 Å². The quantitative estimate of drug-likeness (QED) is 0.158. The van der Waals surface area contributed by atoms with Gasteiger partial charge in [0.25, 0.3) is 5.91 Å². The van der Waals surface area contributed by atoms with Gasteiger partial charge in [-0.3, -0.25) is 23.9 Å². The predicted molar refractivity (Wildman–Crippen MR) is 211 cm³/mol. The molecular formula is C42H45FN4O7S2. The lowest BCUT2D eigenvalue weighted by Crippen LogP contribution is -2.52. The van der Waals surface area contributed by atoms with E-state index in [1.807, 2.05) is 43.3 Å². The molecule has 0 bridgehead atoms. The molecular weight excluding hydrogens is 756 g/mol. The number of sulfonamides is 1. The molecule has 4 heterocycles. The summed E-state index contributed by atoms with van der Waals surface area (Å²) in [6, 6.07) is 13.3. The summed E-state index contributed by atoms with van der Waals surface area (Å²) in [7, 11) is -3.97. The third-order valence-electron chi connectivity index (χ3n) is 12.0. The van der Waals surface area contributed by atoms with Crippen molar-refractivity contribution in [2.45, 2.75) is 101 Å². The first-order valence-electron chi connectivity index (χ1n) is 19.4. The Hall–Kier alpha value is -4.69. The van der Waals surface area contributed by atoms with Crippen LogP contribution in [0.15, 0.2) is 66.7 Å². The number of Topliss-reactive ketones (excluding diaryl/α,β-unsaturated/α-hetero) is 1. The first-order chi connectivity index (χ1) is 26.8. The number of thiophene rings is 1. The molecule has 2 aliphatic heterocycles. The van der Waals surface area contributed by atoms with Crippen molar-refractivity contribution in [1.82, 2.24) is 19.9 Å². The number of rotatable bonds is 7. The van der Waals surface area contributed by atoms with E-state index in [0.29, 0.717) is 53.3 Å². The standard InChI is InChI=1S/C42H45FN4O7S2/c1-25-14-17-36(55-25)37(49)44-33-13-7-5-3-4-6-10-26-22-42(26,40(51)46-56(52,53)41(2)18-19-41)23-35(48)34-21-28(24-47(34)39(33)50)54-38-30-16-15-27(43)20-31(30)29-11-8-9-12-32(29)45-38/h6,8-12,14-17,20,26,28,33-34H,3-5,7,13,18-19,21-24H2,1-2H3,(H,44,49)(H,46,51)/b10-6-/t26-,28-,33+,34+,42-/m1/s1. The van der Waals surface area contributed by atoms with Gasteiger partial charge in [0.1, 0.15) is 18.0 Å². The molecule has 4 aliphatic rings. The van der Waals surface area contributed by atoms with Gasteiger partial charge in [0.05, 0.1) is 33.1 Å². The number of carbonyl (C=O) groups excluding carboxylic acids is 4. The number of fused-ring (bicyclic) bond motifs is 5. The SMILES string of the molecule is Cc1ccc(C(=O)N[C@H]2CCCCC/C=C\[C@@H]3C[C@@]3(C(=O)NS(=O)(=O)C3(C)CC3)CC(=O)[C@@H]3C[C@@H](Oc4nc5ccccc5c5cc(F)ccc45)CN3C2=O)s1. The number of ether oxygens (including phenoxy) is 1. The molecule has 14 heteroatoms. The number of carbonyl (C=O) groups is 4. The molecule has 2 aromatic carbocycles. The van der Waals surface area contributed by atoms with E-state index in [1.54, 1.807) is 25.1 Å². The summed E-state index contributed by atoms with van der Waals surface area (Å²) in [5, 5.41) is 4.87. The molecule has 8 rings (SSSR count). The number of nitrogens with one attached hydrogen (secondary N) is 2. The average molecular weight is 801 g/mol. The molecule has 3 amide bonds. The average Bonchev–Trinajstić information content (AvgIpc) is 3.97. The smallest absolute Gasteiger partial charge is 0.262 e. The summed E-state index contributed by atoms with van der Waals surface area (Å²) in [5.41, 5.74) is -0.701. The monoisotopic (exact) mass is 800 g/mol. The Balaban J connectivity index is 1.13. The maximum Gasteiger partial charge on any atom is 0.262 e. The van der Waals surface area contributed by atoms with Gasteiger partial charge in [0.2, 0.25) is 27.7 Å². The van der Waals surface area contributed by atoms with Gasteiger partial charge >= 0.3 is 0 Å². The number of halogens is 1. The Morgan fingerprint density at radius 1 is 1.02 bits per heavy atom. The number of para-hydroxylation sites is 1. The van der Waals surface area contributed by atoms with Crippen LogP contribution in [0.25, 0.3) is 21.7 Å². The Morgan fingerprint density at radius 3 is 2.59 bits per heavy atom. The number of allylic oxidation sites excluding steroid dienone is 2. The van der Waals surface area contributed by atoms with Crippen LogP contribution in [0, 0.1) is 24.1 Å². The molecule has 0 spiro atoms. The molecule has 56 heavy (non-hydrogen) atoms. The van der Waals surface area contributed by atoms with Crippen LogP contribution >= 0.6 is 11.3 Å². The second-order valence-corrected chi connectivity index (χ2v) is 19.6. The molecule has 3 fully saturated rings. The molecule has 2 aromatic heterocycles. The molecule has 1 saturated heterocycles. The minimum Gasteiger partial charge on any atom is -0.472 e. The lowest BCUT2D eigenvalue weighted by atomic mass is 9.91. The maximum absolute atomic E-state index is 14.7. The first-order valence-corrected chi connectivity index (χ1v) is 21.7. The Bertz CT molecular complexity index is 2390. The second-order valence-electron chi connectivity index (χ2n) is 16.1. The molecule has 0 radical (unpaired) electrons.